The van der Waals surface area contributed by atoms with Gasteiger partial charge in [0.25, 0.3) is 5.91 Å². The van der Waals surface area contributed by atoms with Crippen molar-refractivity contribution in [1.29, 1.82) is 0 Å². The highest BCUT2D eigenvalue weighted by atomic mass is 35.5. The maximum atomic E-state index is 12.6. The van der Waals surface area contributed by atoms with Crippen LogP contribution in [-0.4, -0.2) is 30.4 Å². The summed E-state index contributed by atoms with van der Waals surface area (Å²) < 4.78 is 0. The Kier molecular flexibility index (Phi) is 4.81. The highest BCUT2D eigenvalue weighted by Gasteiger charge is 2.23. The fraction of sp³-hybridized carbons (Fsp3) is 0.353. The Balaban J connectivity index is 1.71. The van der Waals surface area contributed by atoms with E-state index in [9.17, 15) is 4.79 Å². The average molecular weight is 335 g/mol. The first-order valence-corrected chi connectivity index (χ1v) is 8.72. The minimum atomic E-state index is 0.140. The Morgan fingerprint density at radius 2 is 1.86 bits per heavy atom. The summed E-state index contributed by atoms with van der Waals surface area (Å²) in [6, 6.07) is 11.6. The summed E-state index contributed by atoms with van der Waals surface area (Å²) in [7, 11) is 0. The van der Waals surface area contributed by atoms with Crippen molar-refractivity contribution in [2.45, 2.75) is 12.8 Å². The fourth-order valence-corrected chi connectivity index (χ4v) is 3.86. The molecule has 0 bridgehead atoms. The summed E-state index contributed by atoms with van der Waals surface area (Å²) in [6.45, 7) is 2.35. The van der Waals surface area contributed by atoms with Crippen LogP contribution in [0.5, 0.6) is 0 Å². The van der Waals surface area contributed by atoms with E-state index in [2.05, 4.69) is 0 Å². The van der Waals surface area contributed by atoms with Crippen LogP contribution >= 0.6 is 22.9 Å². The number of thiophene rings is 1. The summed E-state index contributed by atoms with van der Waals surface area (Å²) in [5, 5.41) is 0.722. The van der Waals surface area contributed by atoms with Crippen LogP contribution in [0.3, 0.4) is 0 Å². The molecule has 0 spiro atoms. The van der Waals surface area contributed by atoms with Crippen LogP contribution in [-0.2, 0) is 0 Å². The Labute approximate surface area is 139 Å². The highest BCUT2D eigenvalue weighted by molar-refractivity contribution is 7.17. The van der Waals surface area contributed by atoms with Gasteiger partial charge < -0.3 is 10.6 Å². The Bertz CT molecular complexity index is 645. The van der Waals surface area contributed by atoms with Crippen molar-refractivity contribution >= 4 is 28.8 Å². The van der Waals surface area contributed by atoms with Crippen LogP contribution in [0.2, 0.25) is 5.02 Å². The number of nitrogens with two attached hydrogens (primary N) is 1. The van der Waals surface area contributed by atoms with E-state index in [1.807, 2.05) is 41.3 Å². The quantitative estimate of drug-likeness (QED) is 0.925. The number of hydrogen-bond donors (Lipinski definition) is 1. The molecule has 1 aliphatic heterocycles. The summed E-state index contributed by atoms with van der Waals surface area (Å²) in [5.41, 5.74) is 6.80. The largest absolute Gasteiger partial charge is 0.338 e. The van der Waals surface area contributed by atoms with Gasteiger partial charge >= 0.3 is 0 Å². The number of amides is 1. The number of benzene rings is 1. The van der Waals surface area contributed by atoms with Crippen molar-refractivity contribution in [1.82, 2.24) is 4.90 Å². The second-order valence-corrected chi connectivity index (χ2v) is 7.16. The molecule has 0 saturated carbocycles. The normalized spacial score (nSPS) is 16.0. The molecule has 2 N–H and O–H groups in total. The number of hydrogen-bond acceptors (Lipinski definition) is 3. The van der Waals surface area contributed by atoms with E-state index in [0.29, 0.717) is 5.92 Å². The number of rotatable bonds is 3. The Morgan fingerprint density at radius 3 is 2.50 bits per heavy atom. The first-order chi connectivity index (χ1) is 10.7. The molecule has 3 nitrogen and oxygen atoms in total. The van der Waals surface area contributed by atoms with E-state index in [1.54, 1.807) is 11.3 Å². The molecule has 2 heterocycles. The third-order valence-corrected chi connectivity index (χ3v) is 5.55. The molecule has 3 rings (SSSR count). The summed E-state index contributed by atoms with van der Waals surface area (Å²) in [6.07, 6.45) is 2.02. The Morgan fingerprint density at radius 1 is 1.18 bits per heavy atom. The lowest BCUT2D eigenvalue weighted by atomic mass is 9.97. The predicted molar refractivity (Wildman–Crippen MR) is 92.4 cm³/mol. The zero-order valence-electron chi connectivity index (χ0n) is 12.3. The zero-order chi connectivity index (χ0) is 15.5. The molecule has 1 saturated heterocycles. The molecule has 2 aromatic rings. The second-order valence-electron chi connectivity index (χ2n) is 5.64. The van der Waals surface area contributed by atoms with Crippen LogP contribution < -0.4 is 5.73 Å². The summed E-state index contributed by atoms with van der Waals surface area (Å²) in [5.74, 6) is 0.706. The van der Waals surface area contributed by atoms with Crippen LogP contribution in [0.15, 0.2) is 36.4 Å². The molecule has 116 valence electrons. The van der Waals surface area contributed by atoms with Gasteiger partial charge in [0, 0.05) is 23.0 Å². The molecular formula is C17H19ClN2OS. The van der Waals surface area contributed by atoms with Crippen molar-refractivity contribution in [3.05, 3.63) is 46.3 Å². The molecular weight excluding hydrogens is 316 g/mol. The molecule has 0 unspecified atom stereocenters. The van der Waals surface area contributed by atoms with Gasteiger partial charge in [0.2, 0.25) is 0 Å². The van der Waals surface area contributed by atoms with Gasteiger partial charge in [0.15, 0.2) is 0 Å². The van der Waals surface area contributed by atoms with Gasteiger partial charge in [-0.3, -0.25) is 4.79 Å². The summed E-state index contributed by atoms with van der Waals surface area (Å²) >= 11 is 7.45. The number of carbonyl (C=O) groups excluding carboxylic acids is 1. The van der Waals surface area contributed by atoms with Crippen LogP contribution in [0.25, 0.3) is 10.4 Å². The number of carbonyl (C=O) groups is 1. The molecule has 1 aliphatic rings. The molecule has 0 aliphatic carbocycles. The third kappa shape index (κ3) is 3.35. The van der Waals surface area contributed by atoms with Crippen LogP contribution in [0.1, 0.15) is 22.5 Å². The number of nitrogens with zero attached hydrogens (tertiary/aromatic N) is 1. The first kappa shape index (κ1) is 15.5. The zero-order valence-corrected chi connectivity index (χ0v) is 13.9. The van der Waals surface area contributed by atoms with Crippen LogP contribution in [0, 0.1) is 5.92 Å². The standard InChI is InChI=1S/C17H19ClN2OS/c18-14-3-1-13(2-4-14)15-5-6-16(22-15)17(21)20-9-7-12(11-19)8-10-20/h1-6,12H,7-11,19H2. The van der Waals surface area contributed by atoms with E-state index < -0.39 is 0 Å². The number of halogens is 1. The smallest absolute Gasteiger partial charge is 0.263 e. The molecule has 1 aromatic heterocycles. The van der Waals surface area contributed by atoms with E-state index in [-0.39, 0.29) is 5.91 Å². The van der Waals surface area contributed by atoms with Gasteiger partial charge in [-0.2, -0.15) is 0 Å². The lowest BCUT2D eigenvalue weighted by Gasteiger charge is -2.31. The topological polar surface area (TPSA) is 46.3 Å². The molecule has 1 fully saturated rings. The minimum Gasteiger partial charge on any atom is -0.338 e. The molecule has 5 heteroatoms. The number of likely N-dealkylation sites (tertiary alicyclic amines) is 1. The van der Waals surface area contributed by atoms with E-state index in [4.69, 9.17) is 17.3 Å². The highest BCUT2D eigenvalue weighted by Crippen LogP contribution is 2.30. The average Bonchev–Trinajstić information content (AvgIpc) is 3.05. The van der Waals surface area contributed by atoms with E-state index in [0.717, 1.165) is 52.8 Å². The minimum absolute atomic E-state index is 0.140. The van der Waals surface area contributed by atoms with Crippen molar-refractivity contribution in [2.24, 2.45) is 11.7 Å². The van der Waals surface area contributed by atoms with Crippen molar-refractivity contribution in [3.63, 3.8) is 0 Å². The first-order valence-electron chi connectivity index (χ1n) is 7.52. The molecule has 0 radical (unpaired) electrons. The Hall–Kier alpha value is -1.36. The molecule has 0 atom stereocenters. The van der Waals surface area contributed by atoms with Gasteiger partial charge in [-0.25, -0.2) is 0 Å². The SMILES string of the molecule is NCC1CCN(C(=O)c2ccc(-c3ccc(Cl)cc3)s2)CC1. The van der Waals surface area contributed by atoms with E-state index in [1.165, 1.54) is 0 Å². The monoisotopic (exact) mass is 334 g/mol. The maximum absolute atomic E-state index is 12.6. The van der Waals surface area contributed by atoms with Gasteiger partial charge in [0.05, 0.1) is 4.88 Å². The van der Waals surface area contributed by atoms with Gasteiger partial charge in [0.1, 0.15) is 0 Å². The molecule has 1 aromatic carbocycles. The summed E-state index contributed by atoms with van der Waals surface area (Å²) in [4.78, 5) is 16.4. The van der Waals surface area contributed by atoms with E-state index >= 15 is 0 Å². The van der Waals surface area contributed by atoms with Crippen LogP contribution in [0.4, 0.5) is 0 Å². The van der Waals surface area contributed by atoms with Gasteiger partial charge in [-0.05, 0) is 55.1 Å². The maximum Gasteiger partial charge on any atom is 0.263 e. The number of piperidine rings is 1. The third-order valence-electron chi connectivity index (χ3n) is 4.18. The molecule has 22 heavy (non-hydrogen) atoms. The lowest BCUT2D eigenvalue weighted by Crippen LogP contribution is -2.39. The van der Waals surface area contributed by atoms with Gasteiger partial charge in [-0.1, -0.05) is 23.7 Å². The lowest BCUT2D eigenvalue weighted by molar-refractivity contribution is 0.0698. The fourth-order valence-electron chi connectivity index (χ4n) is 2.75. The van der Waals surface area contributed by atoms with Crippen molar-refractivity contribution in [2.75, 3.05) is 19.6 Å². The molecule has 1 amide bonds. The van der Waals surface area contributed by atoms with Crippen molar-refractivity contribution < 1.29 is 4.79 Å². The van der Waals surface area contributed by atoms with Crippen molar-refractivity contribution in [3.8, 4) is 10.4 Å². The second kappa shape index (κ2) is 6.82. The predicted octanol–water partition coefficient (Wildman–Crippen LogP) is 3.88. The van der Waals surface area contributed by atoms with Gasteiger partial charge in [-0.15, -0.1) is 11.3 Å².